The van der Waals surface area contributed by atoms with Gasteiger partial charge in [0, 0.05) is 12.3 Å². The maximum absolute atomic E-state index is 14.7. The van der Waals surface area contributed by atoms with Crippen LogP contribution in [-0.2, 0) is 9.30 Å². The summed E-state index contributed by atoms with van der Waals surface area (Å²) in [6.07, 6.45) is -7.09. The molecule has 13 heteroatoms. The van der Waals surface area contributed by atoms with Crippen LogP contribution in [0.1, 0.15) is 19.6 Å². The molecule has 1 saturated heterocycles. The van der Waals surface area contributed by atoms with E-state index in [1.165, 1.54) is 0 Å². The smallest absolute Gasteiger partial charge is 0.387 e. The minimum Gasteiger partial charge on any atom is -0.387 e. The first-order valence-corrected chi connectivity index (χ1v) is 8.16. The highest BCUT2D eigenvalue weighted by Crippen LogP contribution is 2.57. The number of alkyl halides is 3. The van der Waals surface area contributed by atoms with Gasteiger partial charge in [-0.25, -0.2) is 13.8 Å². The van der Waals surface area contributed by atoms with Gasteiger partial charge < -0.3 is 24.6 Å². The molecule has 0 bridgehead atoms. The summed E-state index contributed by atoms with van der Waals surface area (Å²) in [4.78, 5) is 42.7. The third kappa shape index (κ3) is 3.07. The lowest BCUT2D eigenvalue weighted by Crippen LogP contribution is -2.46. The molecular weight excluding hydrogens is 360 g/mol. The van der Waals surface area contributed by atoms with Crippen molar-refractivity contribution in [3.05, 3.63) is 33.1 Å². The second-order valence-corrected chi connectivity index (χ2v) is 7.27. The third-order valence-corrected chi connectivity index (χ3v) is 4.75. The number of ether oxygens (including phenoxy) is 1. The molecule has 2 rings (SSSR count). The van der Waals surface area contributed by atoms with Gasteiger partial charge >= 0.3 is 18.9 Å². The predicted octanol–water partition coefficient (Wildman–Crippen LogP) is -0.316. The summed E-state index contributed by atoms with van der Waals surface area (Å²) in [5.41, 5.74) is -9.54. The maximum Gasteiger partial charge on any atom is 0.394 e. The van der Waals surface area contributed by atoms with Gasteiger partial charge in [-0.1, -0.05) is 0 Å². The van der Waals surface area contributed by atoms with Gasteiger partial charge in [0.15, 0.2) is 11.9 Å². The molecule has 1 fully saturated rings. The van der Waals surface area contributed by atoms with Gasteiger partial charge in [0.05, 0.1) is 12.5 Å². The highest BCUT2D eigenvalue weighted by molar-refractivity contribution is 7.53. The highest BCUT2D eigenvalue weighted by atomic mass is 31.2. The Bertz CT molecular complexity index is 758. The molecule has 9 nitrogen and oxygen atoms in total. The molecule has 1 aliphatic heterocycles. The number of aliphatic hydroxyl groups excluding tert-OH is 1. The van der Waals surface area contributed by atoms with Crippen molar-refractivity contribution >= 4 is 7.60 Å². The molecule has 4 N–H and O–H groups in total. The van der Waals surface area contributed by atoms with Crippen molar-refractivity contribution in [2.75, 3.05) is 0 Å². The largest absolute Gasteiger partial charge is 0.394 e. The average Bonchev–Trinajstić information content (AvgIpc) is 2.61. The summed E-state index contributed by atoms with van der Waals surface area (Å²) < 4.78 is 57.6. The Balaban J connectivity index is 2.41. The van der Waals surface area contributed by atoms with Crippen LogP contribution in [0.2, 0.25) is 0 Å². The number of aromatic amines is 1. The number of nitrogens with zero attached hydrogens (tertiary/aromatic N) is 1. The fourth-order valence-electron chi connectivity index (χ4n) is 2.37. The molecule has 0 aromatic carbocycles. The van der Waals surface area contributed by atoms with Gasteiger partial charge in [0.1, 0.15) is 6.10 Å². The van der Waals surface area contributed by atoms with E-state index in [4.69, 9.17) is 14.5 Å². The maximum atomic E-state index is 14.7. The van der Waals surface area contributed by atoms with Crippen LogP contribution in [0.3, 0.4) is 0 Å². The lowest BCUT2D eigenvalue weighted by Gasteiger charge is -2.24. The lowest BCUT2D eigenvalue weighted by molar-refractivity contribution is -0.0750. The van der Waals surface area contributed by atoms with Crippen molar-refractivity contribution in [1.82, 2.24) is 9.55 Å². The molecule has 0 saturated carbocycles. The van der Waals surface area contributed by atoms with Crippen LogP contribution < -0.4 is 11.2 Å². The summed E-state index contributed by atoms with van der Waals surface area (Å²) in [5.74, 6) is 0. The number of halogens is 3. The molecule has 0 radical (unpaired) electrons. The van der Waals surface area contributed by atoms with Gasteiger partial charge in [-0.15, -0.1) is 0 Å². The molecule has 0 aliphatic carbocycles. The van der Waals surface area contributed by atoms with Gasteiger partial charge in [-0.05, 0) is 6.92 Å². The van der Waals surface area contributed by atoms with Crippen molar-refractivity contribution < 1.29 is 37.4 Å². The molecule has 24 heavy (non-hydrogen) atoms. The Morgan fingerprint density at radius 1 is 1.46 bits per heavy atom. The Morgan fingerprint density at radius 2 is 2.04 bits per heavy atom. The van der Waals surface area contributed by atoms with Gasteiger partial charge in [0.25, 0.3) is 5.56 Å². The molecule has 1 aliphatic rings. The minimum atomic E-state index is -5.88. The standard InChI is InChI=1S/C11H14F3N2O7P/c1-10(12)7(18)5(4-11(13,14)24(20,21)22)23-8(10)16-6(17)2-3-15-9(16)19/h2-3,5,7-8,18H,4H2,1H3,(H,15,19)(H2,20,21,22)/t5-,7-,8-,10-/m1/s1. The van der Waals surface area contributed by atoms with E-state index in [1.807, 2.05) is 0 Å². The number of rotatable bonds is 4. The van der Waals surface area contributed by atoms with E-state index in [0.717, 1.165) is 19.2 Å². The fraction of sp³-hybridized carbons (Fsp3) is 0.636. The molecule has 136 valence electrons. The minimum absolute atomic E-state index is 0.249. The topological polar surface area (TPSA) is 142 Å². The Morgan fingerprint density at radius 3 is 2.54 bits per heavy atom. The molecule has 0 unspecified atom stereocenters. The molecule has 1 aromatic rings. The van der Waals surface area contributed by atoms with Crippen LogP contribution in [0.4, 0.5) is 13.2 Å². The first-order valence-electron chi connectivity index (χ1n) is 6.55. The first-order chi connectivity index (χ1) is 10.8. The molecule has 0 amide bonds. The molecule has 2 heterocycles. The summed E-state index contributed by atoms with van der Waals surface area (Å²) in [5, 5.41) is 9.85. The van der Waals surface area contributed by atoms with Crippen LogP contribution in [0.15, 0.2) is 21.9 Å². The number of aromatic nitrogens is 2. The third-order valence-electron chi connectivity index (χ3n) is 3.71. The average molecular weight is 374 g/mol. The van der Waals surface area contributed by atoms with Crippen molar-refractivity contribution in [1.29, 1.82) is 0 Å². The number of hydrogen-bond acceptors (Lipinski definition) is 5. The number of nitrogens with one attached hydrogen (secondary N) is 1. The second kappa shape index (κ2) is 5.81. The molecule has 4 atom stereocenters. The van der Waals surface area contributed by atoms with E-state index in [1.54, 1.807) is 0 Å². The Labute approximate surface area is 131 Å². The fourth-order valence-corrected chi connectivity index (χ4v) is 2.79. The zero-order chi connectivity index (χ0) is 18.5. The van der Waals surface area contributed by atoms with Crippen LogP contribution in [-0.4, -0.2) is 48.0 Å². The van der Waals surface area contributed by atoms with Crippen LogP contribution in [0, 0.1) is 0 Å². The van der Waals surface area contributed by atoms with E-state index >= 15 is 0 Å². The zero-order valence-electron chi connectivity index (χ0n) is 12.1. The van der Waals surface area contributed by atoms with Crippen molar-refractivity contribution in [3.8, 4) is 0 Å². The summed E-state index contributed by atoms with van der Waals surface area (Å²) in [6.45, 7) is 0.719. The normalized spacial score (nSPS) is 31.4. The van der Waals surface area contributed by atoms with E-state index in [0.29, 0.717) is 0 Å². The van der Waals surface area contributed by atoms with Crippen LogP contribution >= 0.6 is 7.60 Å². The quantitative estimate of drug-likeness (QED) is 0.529. The van der Waals surface area contributed by atoms with Crippen molar-refractivity contribution in [2.45, 2.75) is 43.1 Å². The highest BCUT2D eigenvalue weighted by Gasteiger charge is 2.60. The van der Waals surface area contributed by atoms with E-state index in [2.05, 4.69) is 4.98 Å². The number of aliphatic hydroxyl groups is 1. The monoisotopic (exact) mass is 374 g/mol. The second-order valence-electron chi connectivity index (χ2n) is 5.53. The van der Waals surface area contributed by atoms with E-state index in [-0.39, 0.29) is 4.57 Å². The Hall–Kier alpha value is -1.46. The number of H-pyrrole nitrogens is 1. The van der Waals surface area contributed by atoms with Gasteiger partial charge in [-0.3, -0.25) is 9.36 Å². The molecule has 0 spiro atoms. The Kier molecular flexibility index (Phi) is 4.57. The van der Waals surface area contributed by atoms with E-state index < -0.39 is 55.0 Å². The van der Waals surface area contributed by atoms with Crippen LogP contribution in [0.25, 0.3) is 0 Å². The lowest BCUT2D eigenvalue weighted by atomic mass is 9.97. The van der Waals surface area contributed by atoms with Crippen molar-refractivity contribution in [2.24, 2.45) is 0 Å². The van der Waals surface area contributed by atoms with Gasteiger partial charge in [0.2, 0.25) is 0 Å². The first kappa shape index (κ1) is 18.9. The summed E-state index contributed by atoms with van der Waals surface area (Å²) in [6, 6.07) is 0.852. The predicted molar refractivity (Wildman–Crippen MR) is 72.4 cm³/mol. The summed E-state index contributed by atoms with van der Waals surface area (Å²) >= 11 is 0. The zero-order valence-corrected chi connectivity index (χ0v) is 13.0. The summed E-state index contributed by atoms with van der Waals surface area (Å²) in [7, 11) is -5.88. The van der Waals surface area contributed by atoms with Crippen LogP contribution in [0.5, 0.6) is 0 Å². The molecular formula is C11H14F3N2O7P. The molecule has 1 aromatic heterocycles. The number of hydrogen-bond donors (Lipinski definition) is 4. The van der Waals surface area contributed by atoms with Crippen molar-refractivity contribution in [3.63, 3.8) is 0 Å². The van der Waals surface area contributed by atoms with E-state index in [9.17, 15) is 32.4 Å². The van der Waals surface area contributed by atoms with Gasteiger partial charge in [-0.2, -0.15) is 8.78 Å². The SMILES string of the molecule is C[C@@]1(F)[C@H](O)[C@@H](CC(F)(F)P(=O)(O)O)O[C@H]1n1c(=O)cc[nH]c1=O.